The summed E-state index contributed by atoms with van der Waals surface area (Å²) in [7, 11) is 1.68. The number of hydrogen-bond acceptors (Lipinski definition) is 3. The van der Waals surface area contributed by atoms with Gasteiger partial charge in [-0.2, -0.15) is 0 Å². The molecule has 22 heavy (non-hydrogen) atoms. The van der Waals surface area contributed by atoms with Crippen molar-refractivity contribution in [1.29, 1.82) is 0 Å². The Kier molecular flexibility index (Phi) is 6.28. The van der Waals surface area contributed by atoms with Crippen LogP contribution in [0.15, 0.2) is 42.5 Å². The standard InChI is InChI=1S/C19H25NO2/c1-4-12-22-19-17(6-5-7-18(19)21-3)14-20-13-16-10-8-15(2)9-11-16/h5-11,20H,4,12-14H2,1-3H3. The third kappa shape index (κ3) is 4.50. The van der Waals surface area contributed by atoms with Gasteiger partial charge < -0.3 is 14.8 Å². The quantitative estimate of drug-likeness (QED) is 0.796. The molecule has 0 unspecified atom stereocenters. The first-order valence-corrected chi connectivity index (χ1v) is 7.79. The van der Waals surface area contributed by atoms with Crippen LogP contribution in [0.4, 0.5) is 0 Å². The van der Waals surface area contributed by atoms with E-state index < -0.39 is 0 Å². The summed E-state index contributed by atoms with van der Waals surface area (Å²) < 4.78 is 11.3. The molecule has 0 atom stereocenters. The van der Waals surface area contributed by atoms with Gasteiger partial charge in [-0.25, -0.2) is 0 Å². The lowest BCUT2D eigenvalue weighted by Crippen LogP contribution is -2.14. The number of rotatable bonds is 8. The normalized spacial score (nSPS) is 10.5. The lowest BCUT2D eigenvalue weighted by molar-refractivity contribution is 0.290. The van der Waals surface area contributed by atoms with Gasteiger partial charge in [0.25, 0.3) is 0 Å². The highest BCUT2D eigenvalue weighted by atomic mass is 16.5. The van der Waals surface area contributed by atoms with Crippen LogP contribution >= 0.6 is 0 Å². The Bertz CT molecular complexity index is 578. The fourth-order valence-electron chi connectivity index (χ4n) is 2.28. The molecule has 2 aromatic rings. The largest absolute Gasteiger partial charge is 0.493 e. The zero-order valence-corrected chi connectivity index (χ0v) is 13.7. The number of ether oxygens (including phenoxy) is 2. The summed E-state index contributed by atoms with van der Waals surface area (Å²) >= 11 is 0. The van der Waals surface area contributed by atoms with Crippen LogP contribution in [0.2, 0.25) is 0 Å². The molecule has 0 saturated heterocycles. The van der Waals surface area contributed by atoms with Crippen LogP contribution in [-0.2, 0) is 13.1 Å². The number of benzene rings is 2. The van der Waals surface area contributed by atoms with E-state index in [0.717, 1.165) is 36.6 Å². The minimum absolute atomic E-state index is 0.700. The van der Waals surface area contributed by atoms with Crippen molar-refractivity contribution in [2.45, 2.75) is 33.4 Å². The molecule has 0 radical (unpaired) electrons. The van der Waals surface area contributed by atoms with E-state index in [2.05, 4.69) is 49.5 Å². The highest BCUT2D eigenvalue weighted by Crippen LogP contribution is 2.31. The second kappa shape index (κ2) is 8.44. The van der Waals surface area contributed by atoms with Gasteiger partial charge in [0.05, 0.1) is 13.7 Å². The minimum atomic E-state index is 0.700. The van der Waals surface area contributed by atoms with Gasteiger partial charge in [0.15, 0.2) is 11.5 Å². The highest BCUT2D eigenvalue weighted by molar-refractivity contribution is 5.46. The lowest BCUT2D eigenvalue weighted by Gasteiger charge is -2.15. The molecule has 2 aromatic carbocycles. The van der Waals surface area contributed by atoms with Crippen molar-refractivity contribution in [3.63, 3.8) is 0 Å². The van der Waals surface area contributed by atoms with Crippen LogP contribution in [0, 0.1) is 6.92 Å². The maximum atomic E-state index is 5.86. The van der Waals surface area contributed by atoms with Gasteiger partial charge >= 0.3 is 0 Å². The van der Waals surface area contributed by atoms with Crippen molar-refractivity contribution in [1.82, 2.24) is 5.32 Å². The third-order valence-electron chi connectivity index (χ3n) is 3.50. The summed E-state index contributed by atoms with van der Waals surface area (Å²) in [5.74, 6) is 1.64. The average molecular weight is 299 g/mol. The van der Waals surface area contributed by atoms with E-state index in [-0.39, 0.29) is 0 Å². The average Bonchev–Trinajstić information content (AvgIpc) is 2.55. The molecule has 0 fully saturated rings. The summed E-state index contributed by atoms with van der Waals surface area (Å²) in [5, 5.41) is 3.47. The zero-order chi connectivity index (χ0) is 15.8. The number of methoxy groups -OCH3 is 1. The summed E-state index contributed by atoms with van der Waals surface area (Å²) in [6, 6.07) is 14.6. The molecule has 1 N–H and O–H groups in total. The fourth-order valence-corrected chi connectivity index (χ4v) is 2.28. The van der Waals surface area contributed by atoms with Crippen molar-refractivity contribution in [3.8, 4) is 11.5 Å². The van der Waals surface area contributed by atoms with Gasteiger partial charge in [0, 0.05) is 18.7 Å². The Morgan fingerprint density at radius 1 is 1.00 bits per heavy atom. The molecular weight excluding hydrogens is 274 g/mol. The van der Waals surface area contributed by atoms with E-state index >= 15 is 0 Å². The van der Waals surface area contributed by atoms with Crippen molar-refractivity contribution >= 4 is 0 Å². The minimum Gasteiger partial charge on any atom is -0.493 e. The molecule has 0 aliphatic rings. The van der Waals surface area contributed by atoms with E-state index in [1.54, 1.807) is 7.11 Å². The Morgan fingerprint density at radius 3 is 2.45 bits per heavy atom. The van der Waals surface area contributed by atoms with Crippen LogP contribution < -0.4 is 14.8 Å². The molecule has 0 aromatic heterocycles. The smallest absolute Gasteiger partial charge is 0.165 e. The SMILES string of the molecule is CCCOc1c(CNCc2ccc(C)cc2)cccc1OC. The van der Waals surface area contributed by atoms with E-state index in [0.29, 0.717) is 6.61 Å². The van der Waals surface area contributed by atoms with E-state index in [1.165, 1.54) is 11.1 Å². The number of hydrogen-bond donors (Lipinski definition) is 1. The van der Waals surface area contributed by atoms with Crippen LogP contribution in [0.25, 0.3) is 0 Å². The summed E-state index contributed by atoms with van der Waals surface area (Å²) in [5.41, 5.74) is 3.69. The predicted molar refractivity (Wildman–Crippen MR) is 90.5 cm³/mol. The summed E-state index contributed by atoms with van der Waals surface area (Å²) in [6.07, 6.45) is 0.980. The molecule has 0 saturated carbocycles. The topological polar surface area (TPSA) is 30.5 Å². The maximum absolute atomic E-state index is 5.86. The van der Waals surface area contributed by atoms with Gasteiger partial charge in [-0.1, -0.05) is 48.9 Å². The van der Waals surface area contributed by atoms with Gasteiger partial charge in [-0.05, 0) is 25.0 Å². The molecule has 118 valence electrons. The third-order valence-corrected chi connectivity index (χ3v) is 3.50. The molecule has 3 nitrogen and oxygen atoms in total. The number of para-hydroxylation sites is 1. The molecule has 0 aliphatic heterocycles. The molecule has 0 amide bonds. The van der Waals surface area contributed by atoms with Gasteiger partial charge in [-0.15, -0.1) is 0 Å². The van der Waals surface area contributed by atoms with Crippen molar-refractivity contribution in [2.75, 3.05) is 13.7 Å². The Hall–Kier alpha value is -2.00. The molecule has 0 spiro atoms. The molecule has 0 heterocycles. The Balaban J connectivity index is 2.00. The Labute approximate surface area is 133 Å². The van der Waals surface area contributed by atoms with Crippen LogP contribution in [0.3, 0.4) is 0 Å². The summed E-state index contributed by atoms with van der Waals surface area (Å²) in [6.45, 7) is 6.50. The number of aryl methyl sites for hydroxylation is 1. The molecule has 2 rings (SSSR count). The highest BCUT2D eigenvalue weighted by Gasteiger charge is 2.10. The fraction of sp³-hybridized carbons (Fsp3) is 0.368. The van der Waals surface area contributed by atoms with Crippen molar-refractivity contribution in [2.24, 2.45) is 0 Å². The maximum Gasteiger partial charge on any atom is 0.165 e. The van der Waals surface area contributed by atoms with Crippen molar-refractivity contribution in [3.05, 3.63) is 59.2 Å². The zero-order valence-electron chi connectivity index (χ0n) is 13.7. The first-order chi connectivity index (χ1) is 10.7. The number of nitrogens with one attached hydrogen (secondary N) is 1. The van der Waals surface area contributed by atoms with Crippen LogP contribution in [0.5, 0.6) is 11.5 Å². The van der Waals surface area contributed by atoms with E-state index in [4.69, 9.17) is 9.47 Å². The Morgan fingerprint density at radius 2 is 1.77 bits per heavy atom. The molecule has 3 heteroatoms. The van der Waals surface area contributed by atoms with E-state index in [9.17, 15) is 0 Å². The van der Waals surface area contributed by atoms with Crippen LogP contribution in [-0.4, -0.2) is 13.7 Å². The van der Waals surface area contributed by atoms with Gasteiger partial charge in [-0.3, -0.25) is 0 Å². The van der Waals surface area contributed by atoms with Gasteiger partial charge in [0.1, 0.15) is 0 Å². The molecule has 0 aliphatic carbocycles. The lowest BCUT2D eigenvalue weighted by atomic mass is 10.1. The summed E-state index contributed by atoms with van der Waals surface area (Å²) in [4.78, 5) is 0. The monoisotopic (exact) mass is 299 g/mol. The predicted octanol–water partition coefficient (Wildman–Crippen LogP) is 4.08. The second-order valence-electron chi connectivity index (χ2n) is 5.39. The first-order valence-electron chi connectivity index (χ1n) is 7.79. The van der Waals surface area contributed by atoms with Crippen molar-refractivity contribution < 1.29 is 9.47 Å². The van der Waals surface area contributed by atoms with Crippen LogP contribution in [0.1, 0.15) is 30.0 Å². The molecular formula is C19H25NO2. The van der Waals surface area contributed by atoms with Gasteiger partial charge in [0.2, 0.25) is 0 Å². The van der Waals surface area contributed by atoms with E-state index in [1.807, 2.05) is 12.1 Å². The molecule has 0 bridgehead atoms. The first kappa shape index (κ1) is 16.4. The second-order valence-corrected chi connectivity index (χ2v) is 5.39.